The van der Waals surface area contributed by atoms with Gasteiger partial charge in [-0.25, -0.2) is 0 Å². The second-order valence-corrected chi connectivity index (χ2v) is 3.39. The van der Waals surface area contributed by atoms with Crippen LogP contribution in [0.4, 0.5) is 0 Å². The quantitative estimate of drug-likeness (QED) is 0.695. The number of carboxylic acid groups (broad SMARTS) is 1. The lowest BCUT2D eigenvalue weighted by Crippen LogP contribution is -2.21. The fourth-order valence-corrected chi connectivity index (χ4v) is 1.54. The molecule has 0 aliphatic carbocycles. The third-order valence-electron chi connectivity index (χ3n) is 2.44. The van der Waals surface area contributed by atoms with Crippen molar-refractivity contribution in [2.75, 3.05) is 20.8 Å². The Labute approximate surface area is 98.6 Å². The molecule has 1 aromatic carbocycles. The molecule has 17 heavy (non-hydrogen) atoms. The highest BCUT2D eigenvalue weighted by Gasteiger charge is 2.24. The van der Waals surface area contributed by atoms with Gasteiger partial charge in [-0.05, 0) is 6.07 Å². The number of carboxylic acids is 1. The minimum Gasteiger partial charge on any atom is -0.504 e. The maximum absolute atomic E-state index is 11.0. The average molecular weight is 241 g/mol. The van der Waals surface area contributed by atoms with Gasteiger partial charge >= 0.3 is 5.97 Å². The minimum atomic E-state index is -1.06. The van der Waals surface area contributed by atoms with Crippen LogP contribution in [0, 0.1) is 0 Å². The Morgan fingerprint density at radius 2 is 1.94 bits per heavy atom. The van der Waals surface area contributed by atoms with Gasteiger partial charge in [0.15, 0.2) is 11.5 Å². The van der Waals surface area contributed by atoms with Crippen molar-refractivity contribution in [3.05, 3.63) is 17.7 Å². The van der Waals surface area contributed by atoms with E-state index in [1.165, 1.54) is 26.4 Å². The van der Waals surface area contributed by atoms with Crippen molar-refractivity contribution < 1.29 is 24.5 Å². The number of ether oxygens (including phenoxy) is 2. The van der Waals surface area contributed by atoms with Gasteiger partial charge in [-0.1, -0.05) is 0 Å². The van der Waals surface area contributed by atoms with Crippen molar-refractivity contribution >= 4 is 5.97 Å². The highest BCUT2D eigenvalue weighted by molar-refractivity contribution is 5.78. The molecule has 1 atom stereocenters. The molecule has 0 saturated carbocycles. The van der Waals surface area contributed by atoms with Crippen LogP contribution >= 0.6 is 0 Å². The summed E-state index contributed by atoms with van der Waals surface area (Å²) in [4.78, 5) is 11.0. The maximum atomic E-state index is 11.0. The van der Waals surface area contributed by atoms with Crippen LogP contribution in [0.3, 0.4) is 0 Å². The molecular formula is C11H15NO5. The molecule has 0 amide bonds. The maximum Gasteiger partial charge on any atom is 0.312 e. The number of carbonyl (C=O) groups is 1. The molecule has 94 valence electrons. The second kappa shape index (κ2) is 5.40. The smallest absolute Gasteiger partial charge is 0.312 e. The number of phenolic OH excluding ortho intramolecular Hbond substituents is 1. The van der Waals surface area contributed by atoms with Gasteiger partial charge in [0.2, 0.25) is 0 Å². The van der Waals surface area contributed by atoms with E-state index in [-0.39, 0.29) is 23.8 Å². The monoisotopic (exact) mass is 241 g/mol. The summed E-state index contributed by atoms with van der Waals surface area (Å²) in [6, 6.07) is 2.72. The molecule has 0 fully saturated rings. The molecule has 0 aliphatic rings. The molecule has 1 rings (SSSR count). The Kier molecular flexibility index (Phi) is 4.17. The van der Waals surface area contributed by atoms with Gasteiger partial charge in [-0.15, -0.1) is 0 Å². The third kappa shape index (κ3) is 2.59. The predicted molar refractivity (Wildman–Crippen MR) is 60.6 cm³/mol. The molecule has 0 saturated heterocycles. The van der Waals surface area contributed by atoms with Crippen molar-refractivity contribution in [2.45, 2.75) is 5.92 Å². The van der Waals surface area contributed by atoms with Gasteiger partial charge in [0.05, 0.1) is 20.1 Å². The number of phenols is 1. The van der Waals surface area contributed by atoms with Crippen LogP contribution in [0.5, 0.6) is 17.2 Å². The zero-order valence-corrected chi connectivity index (χ0v) is 9.64. The lowest BCUT2D eigenvalue weighted by molar-refractivity contribution is -0.138. The molecule has 0 aliphatic heterocycles. The molecule has 0 bridgehead atoms. The van der Waals surface area contributed by atoms with Crippen LogP contribution in [-0.2, 0) is 4.79 Å². The Morgan fingerprint density at radius 1 is 1.35 bits per heavy atom. The number of rotatable bonds is 5. The van der Waals surface area contributed by atoms with Gasteiger partial charge in [-0.2, -0.15) is 0 Å². The minimum absolute atomic E-state index is 0.0698. The molecule has 6 nitrogen and oxygen atoms in total. The number of nitrogens with two attached hydrogens (primary N) is 1. The zero-order chi connectivity index (χ0) is 13.0. The first-order valence-corrected chi connectivity index (χ1v) is 4.92. The standard InChI is InChI=1S/C11H15NO5/c1-16-9-4-8(13)10(17-2)3-6(9)7(5-12)11(14)15/h3-4,7,13H,5,12H2,1-2H3,(H,14,15). The summed E-state index contributed by atoms with van der Waals surface area (Å²) < 4.78 is 9.94. The summed E-state index contributed by atoms with van der Waals surface area (Å²) in [5, 5.41) is 18.6. The van der Waals surface area contributed by atoms with Crippen LogP contribution in [0.15, 0.2) is 12.1 Å². The summed E-state index contributed by atoms with van der Waals surface area (Å²) >= 11 is 0. The van der Waals surface area contributed by atoms with E-state index in [1.807, 2.05) is 0 Å². The summed E-state index contributed by atoms with van der Waals surface area (Å²) in [5.41, 5.74) is 5.79. The molecule has 1 unspecified atom stereocenters. The lowest BCUT2D eigenvalue weighted by Gasteiger charge is -2.16. The van der Waals surface area contributed by atoms with Crippen molar-refractivity contribution in [1.82, 2.24) is 0 Å². The first-order chi connectivity index (χ1) is 8.04. The van der Waals surface area contributed by atoms with Crippen LogP contribution in [0.25, 0.3) is 0 Å². The van der Waals surface area contributed by atoms with Gasteiger partial charge in [0, 0.05) is 18.2 Å². The predicted octanol–water partition coefficient (Wildman–Crippen LogP) is 0.536. The van der Waals surface area contributed by atoms with Crippen molar-refractivity contribution in [1.29, 1.82) is 0 Å². The Balaban J connectivity index is 3.33. The van der Waals surface area contributed by atoms with E-state index < -0.39 is 11.9 Å². The van der Waals surface area contributed by atoms with E-state index in [0.717, 1.165) is 0 Å². The van der Waals surface area contributed by atoms with Gasteiger partial charge in [0.1, 0.15) is 5.75 Å². The number of hydrogen-bond acceptors (Lipinski definition) is 5. The summed E-state index contributed by atoms with van der Waals surface area (Å²) in [7, 11) is 2.77. The molecule has 6 heteroatoms. The SMILES string of the molecule is COc1cc(C(CN)C(=O)O)c(OC)cc1O. The Bertz CT molecular complexity index is 419. The largest absolute Gasteiger partial charge is 0.504 e. The average Bonchev–Trinajstić information content (AvgIpc) is 2.30. The molecule has 0 spiro atoms. The van der Waals surface area contributed by atoms with E-state index in [1.54, 1.807) is 0 Å². The van der Waals surface area contributed by atoms with Crippen LogP contribution in [0.1, 0.15) is 11.5 Å². The molecule has 0 aromatic heterocycles. The van der Waals surface area contributed by atoms with E-state index in [2.05, 4.69) is 0 Å². The van der Waals surface area contributed by atoms with Crippen LogP contribution in [0.2, 0.25) is 0 Å². The lowest BCUT2D eigenvalue weighted by atomic mass is 9.97. The van der Waals surface area contributed by atoms with Gasteiger partial charge in [0.25, 0.3) is 0 Å². The summed E-state index contributed by atoms with van der Waals surface area (Å²) in [5.74, 6) is -1.63. The fraction of sp³-hybridized carbons (Fsp3) is 0.364. The topological polar surface area (TPSA) is 102 Å². The number of aliphatic carboxylic acids is 1. The number of hydrogen-bond donors (Lipinski definition) is 3. The highest BCUT2D eigenvalue weighted by atomic mass is 16.5. The molecule has 0 radical (unpaired) electrons. The Morgan fingerprint density at radius 3 is 2.35 bits per heavy atom. The van der Waals surface area contributed by atoms with Crippen molar-refractivity contribution in [3.8, 4) is 17.2 Å². The zero-order valence-electron chi connectivity index (χ0n) is 9.64. The van der Waals surface area contributed by atoms with Gasteiger partial charge < -0.3 is 25.4 Å². The van der Waals surface area contributed by atoms with Crippen molar-refractivity contribution in [3.63, 3.8) is 0 Å². The first-order valence-electron chi connectivity index (χ1n) is 4.92. The molecule has 4 N–H and O–H groups in total. The number of methoxy groups -OCH3 is 2. The fourth-order valence-electron chi connectivity index (χ4n) is 1.54. The van der Waals surface area contributed by atoms with Crippen LogP contribution in [-0.4, -0.2) is 36.9 Å². The van der Waals surface area contributed by atoms with E-state index in [4.69, 9.17) is 20.3 Å². The van der Waals surface area contributed by atoms with E-state index >= 15 is 0 Å². The first kappa shape index (κ1) is 13.1. The van der Waals surface area contributed by atoms with Crippen LogP contribution < -0.4 is 15.2 Å². The van der Waals surface area contributed by atoms with E-state index in [0.29, 0.717) is 5.56 Å². The normalized spacial score (nSPS) is 11.9. The highest BCUT2D eigenvalue weighted by Crippen LogP contribution is 2.37. The summed E-state index contributed by atoms with van der Waals surface area (Å²) in [6.45, 7) is -0.0698. The third-order valence-corrected chi connectivity index (χ3v) is 2.44. The Hall–Kier alpha value is -1.95. The summed E-state index contributed by atoms with van der Waals surface area (Å²) in [6.07, 6.45) is 0. The molecular weight excluding hydrogens is 226 g/mol. The van der Waals surface area contributed by atoms with Gasteiger partial charge in [-0.3, -0.25) is 4.79 Å². The number of aromatic hydroxyl groups is 1. The second-order valence-electron chi connectivity index (χ2n) is 3.39. The number of benzene rings is 1. The van der Waals surface area contributed by atoms with E-state index in [9.17, 15) is 9.90 Å². The molecule has 0 heterocycles. The molecule has 1 aromatic rings. The van der Waals surface area contributed by atoms with Crippen molar-refractivity contribution in [2.24, 2.45) is 5.73 Å².